The highest BCUT2D eigenvalue weighted by atomic mass is 16.5. The molecule has 0 saturated heterocycles. The molecule has 0 aliphatic rings. The predicted molar refractivity (Wildman–Crippen MR) is 31.2 cm³/mol. The lowest BCUT2D eigenvalue weighted by Crippen LogP contribution is -2.02. The molecule has 0 aliphatic carbocycles. The molecule has 0 radical (unpaired) electrons. The van der Waals surface area contributed by atoms with Crippen LogP contribution < -0.4 is 0 Å². The van der Waals surface area contributed by atoms with E-state index in [0.717, 1.165) is 6.42 Å². The van der Waals surface area contributed by atoms with Gasteiger partial charge in [0.1, 0.15) is 0 Å². The third-order valence-electron chi connectivity index (χ3n) is 0.657. The highest BCUT2D eigenvalue weighted by molar-refractivity contribution is 5.78. The van der Waals surface area contributed by atoms with Crippen molar-refractivity contribution in [1.29, 1.82) is 0 Å². The van der Waals surface area contributed by atoms with Crippen LogP contribution in [0.4, 0.5) is 0 Å². The molecule has 0 spiro atoms. The van der Waals surface area contributed by atoms with Gasteiger partial charge >= 0.3 is 5.97 Å². The monoisotopic (exact) mass is 115 g/mol. The molecule has 0 unspecified atom stereocenters. The van der Waals surface area contributed by atoms with E-state index in [4.69, 9.17) is 0 Å². The summed E-state index contributed by atoms with van der Waals surface area (Å²) in [6.07, 6.45) is 2.27. The molecular formula is C6H11O2+. The normalized spacial score (nSPS) is 8.25. The van der Waals surface area contributed by atoms with Crippen molar-refractivity contribution in [2.45, 2.75) is 20.3 Å². The zero-order valence-corrected chi connectivity index (χ0v) is 5.31. The molecule has 2 nitrogen and oxygen atoms in total. The Balaban J connectivity index is 3.06. The summed E-state index contributed by atoms with van der Waals surface area (Å²) in [6.45, 7) is 4.16. The molecule has 0 rings (SSSR count). The van der Waals surface area contributed by atoms with Gasteiger partial charge in [0.15, 0.2) is 6.42 Å². The van der Waals surface area contributed by atoms with Gasteiger partial charge in [-0.2, -0.15) is 4.79 Å². The van der Waals surface area contributed by atoms with Gasteiger partial charge in [-0.25, -0.2) is 0 Å². The van der Waals surface area contributed by atoms with E-state index in [1.54, 1.807) is 6.92 Å². The Hall–Kier alpha value is -0.660. The maximum Gasteiger partial charge on any atom is 0.496 e. The first-order valence-electron chi connectivity index (χ1n) is 2.81. The van der Waals surface area contributed by atoms with Gasteiger partial charge in [0.25, 0.3) is 0 Å². The Kier molecular flexibility index (Phi) is 4.13. The summed E-state index contributed by atoms with van der Waals surface area (Å²) in [5, 5.41) is 0. The average Bonchev–Trinajstić information content (AvgIpc) is 1.68. The second-order valence-corrected chi connectivity index (χ2v) is 1.36. The molecule has 0 aromatic carbocycles. The summed E-state index contributed by atoms with van der Waals surface area (Å²) >= 11 is 0. The summed E-state index contributed by atoms with van der Waals surface area (Å²) in [5.41, 5.74) is 0. The van der Waals surface area contributed by atoms with E-state index in [0.29, 0.717) is 6.61 Å². The molecule has 0 atom stereocenters. The van der Waals surface area contributed by atoms with Gasteiger partial charge in [-0.05, 0) is 13.8 Å². The molecule has 0 saturated carbocycles. The summed E-state index contributed by atoms with van der Waals surface area (Å²) in [5.74, 6) is -0.213. The number of hydrogen-bond acceptors (Lipinski definition) is 2. The van der Waals surface area contributed by atoms with Crippen molar-refractivity contribution in [2.75, 3.05) is 6.61 Å². The molecule has 0 bridgehead atoms. The van der Waals surface area contributed by atoms with Crippen molar-refractivity contribution >= 4 is 5.97 Å². The molecule has 0 heterocycles. The molecule has 0 aliphatic heterocycles. The van der Waals surface area contributed by atoms with Crippen molar-refractivity contribution in [2.24, 2.45) is 0 Å². The van der Waals surface area contributed by atoms with Crippen molar-refractivity contribution in [3.05, 3.63) is 6.42 Å². The minimum absolute atomic E-state index is 0.213. The largest absolute Gasteiger partial charge is 0.496 e. The molecule has 8 heavy (non-hydrogen) atoms. The van der Waals surface area contributed by atoms with E-state index in [9.17, 15) is 4.79 Å². The summed E-state index contributed by atoms with van der Waals surface area (Å²) < 4.78 is 4.59. The number of rotatable bonds is 3. The zero-order chi connectivity index (χ0) is 6.41. The first-order chi connectivity index (χ1) is 3.81. The molecule has 46 valence electrons. The fourth-order valence-electron chi connectivity index (χ4n) is 0.368. The highest BCUT2D eigenvalue weighted by Gasteiger charge is 2.08. The maximum atomic E-state index is 10.4. The lowest BCUT2D eigenvalue weighted by atomic mass is 10.3. The first-order valence-corrected chi connectivity index (χ1v) is 2.81. The third kappa shape index (κ3) is 3.53. The molecule has 0 amide bonds. The van der Waals surface area contributed by atoms with Crippen LogP contribution in [0.15, 0.2) is 0 Å². The quantitative estimate of drug-likeness (QED) is 0.407. The van der Waals surface area contributed by atoms with Crippen molar-refractivity contribution < 1.29 is 9.53 Å². The first kappa shape index (κ1) is 7.34. The van der Waals surface area contributed by atoms with Gasteiger partial charge in [0, 0.05) is 0 Å². The van der Waals surface area contributed by atoms with Crippen LogP contribution in [-0.2, 0) is 9.53 Å². The van der Waals surface area contributed by atoms with Gasteiger partial charge in [0.2, 0.25) is 0 Å². The second kappa shape index (κ2) is 4.50. The molecular weight excluding hydrogens is 104 g/mol. The van der Waals surface area contributed by atoms with Crippen LogP contribution in [0, 0.1) is 6.42 Å². The number of ether oxygens (including phenoxy) is 1. The van der Waals surface area contributed by atoms with Gasteiger partial charge in [-0.1, -0.05) is 0 Å². The smallest absolute Gasteiger partial charge is 0.430 e. The number of hydrogen-bond donors (Lipinski definition) is 0. The summed E-state index contributed by atoms with van der Waals surface area (Å²) in [7, 11) is 0. The average molecular weight is 115 g/mol. The fourth-order valence-corrected chi connectivity index (χ4v) is 0.368. The van der Waals surface area contributed by atoms with Crippen LogP contribution in [0.2, 0.25) is 0 Å². The predicted octanol–water partition coefficient (Wildman–Crippen LogP) is 1.16. The summed E-state index contributed by atoms with van der Waals surface area (Å²) in [4.78, 5) is 10.4. The second-order valence-electron chi connectivity index (χ2n) is 1.36. The number of carbonyl (C=O) groups is 1. The van der Waals surface area contributed by atoms with E-state index in [1.165, 1.54) is 6.42 Å². The van der Waals surface area contributed by atoms with E-state index in [2.05, 4.69) is 4.74 Å². The van der Waals surface area contributed by atoms with Gasteiger partial charge in [0.05, 0.1) is 13.0 Å². The van der Waals surface area contributed by atoms with E-state index in [-0.39, 0.29) is 5.97 Å². The van der Waals surface area contributed by atoms with Gasteiger partial charge in [-0.15, -0.1) is 0 Å². The van der Waals surface area contributed by atoms with Crippen molar-refractivity contribution in [3.8, 4) is 0 Å². The highest BCUT2D eigenvalue weighted by Crippen LogP contribution is 1.87. The van der Waals surface area contributed by atoms with Crippen LogP contribution in [0.3, 0.4) is 0 Å². The zero-order valence-electron chi connectivity index (χ0n) is 5.31. The van der Waals surface area contributed by atoms with E-state index >= 15 is 0 Å². The molecule has 2 heteroatoms. The van der Waals surface area contributed by atoms with Crippen LogP contribution >= 0.6 is 0 Å². The fraction of sp³-hybridized carbons (Fsp3) is 0.667. The van der Waals surface area contributed by atoms with Crippen LogP contribution in [0.1, 0.15) is 20.3 Å². The Morgan fingerprint density at radius 3 is 2.62 bits per heavy atom. The Bertz CT molecular complexity index is 60.9. The number of carbonyl (C=O) groups excluding carboxylic acids is 1. The van der Waals surface area contributed by atoms with Gasteiger partial charge < -0.3 is 4.74 Å². The van der Waals surface area contributed by atoms with Crippen LogP contribution in [-0.4, -0.2) is 12.6 Å². The topological polar surface area (TPSA) is 26.3 Å². The van der Waals surface area contributed by atoms with E-state index in [1.807, 2.05) is 6.92 Å². The molecule has 0 aromatic heterocycles. The molecule has 0 fully saturated rings. The maximum absolute atomic E-state index is 10.4. The van der Waals surface area contributed by atoms with E-state index < -0.39 is 0 Å². The van der Waals surface area contributed by atoms with Crippen LogP contribution in [0.25, 0.3) is 0 Å². The lowest BCUT2D eigenvalue weighted by molar-refractivity contribution is -0.139. The van der Waals surface area contributed by atoms with Crippen LogP contribution in [0.5, 0.6) is 0 Å². The minimum atomic E-state index is -0.213. The Labute approximate surface area is 49.8 Å². The van der Waals surface area contributed by atoms with Gasteiger partial charge in [-0.3, -0.25) is 0 Å². The lowest BCUT2D eigenvalue weighted by Gasteiger charge is -1.87. The molecule has 0 N–H and O–H groups in total. The third-order valence-corrected chi connectivity index (χ3v) is 0.657. The SMILES string of the molecule is CC[CH+]C(=O)OCC. The minimum Gasteiger partial charge on any atom is -0.430 e. The standard InChI is InChI=1S/C6H11O2/c1-3-5-6(7)8-4-2/h5H,3-4H2,1-2H3/q+1. The molecule has 0 aromatic rings. The Morgan fingerprint density at radius 2 is 2.25 bits per heavy atom. The Morgan fingerprint density at radius 1 is 1.62 bits per heavy atom. The summed E-state index contributed by atoms with van der Waals surface area (Å²) in [6, 6.07) is 0. The number of esters is 1. The van der Waals surface area contributed by atoms with Crippen molar-refractivity contribution in [1.82, 2.24) is 0 Å². The van der Waals surface area contributed by atoms with Crippen molar-refractivity contribution in [3.63, 3.8) is 0 Å².